The molecule has 1 aromatic carbocycles. The van der Waals surface area contributed by atoms with E-state index in [9.17, 15) is 0 Å². The normalized spacial score (nSPS) is 11.8. The van der Waals surface area contributed by atoms with Gasteiger partial charge in [0, 0.05) is 5.56 Å². The van der Waals surface area contributed by atoms with Gasteiger partial charge in [0.1, 0.15) is 5.75 Å². The Morgan fingerprint density at radius 2 is 1.45 bits per heavy atom. The Kier molecular flexibility index (Phi) is 12.4. The van der Waals surface area contributed by atoms with E-state index in [1.807, 2.05) is 30.3 Å². The molecular formula is C27H40N2O2. The maximum atomic E-state index is 5.83. The van der Waals surface area contributed by atoms with Crippen molar-refractivity contribution in [2.75, 3.05) is 13.2 Å². The zero-order chi connectivity index (χ0) is 22.2. The number of unbranched alkanes of at least 4 members (excludes halogenated alkanes) is 6. The summed E-state index contributed by atoms with van der Waals surface area (Å²) in [5, 5.41) is 0. The number of hydrogen-bond acceptors (Lipinski definition) is 4. The van der Waals surface area contributed by atoms with Crippen LogP contribution < -0.4 is 9.47 Å². The van der Waals surface area contributed by atoms with Gasteiger partial charge in [-0.25, -0.2) is 9.97 Å². The molecule has 0 bridgehead atoms. The zero-order valence-electron chi connectivity index (χ0n) is 19.5. The van der Waals surface area contributed by atoms with Crippen molar-refractivity contribution in [1.82, 2.24) is 9.97 Å². The number of benzene rings is 1. The average Bonchev–Trinajstić information content (AvgIpc) is 2.81. The molecule has 0 aliphatic rings. The summed E-state index contributed by atoms with van der Waals surface area (Å²) in [5.74, 6) is 3.16. The van der Waals surface area contributed by atoms with Gasteiger partial charge in [-0.15, -0.1) is 6.58 Å². The molecule has 1 aromatic heterocycles. The lowest BCUT2D eigenvalue weighted by Crippen LogP contribution is -2.00. The molecule has 4 nitrogen and oxygen atoms in total. The van der Waals surface area contributed by atoms with Crippen molar-refractivity contribution in [3.8, 4) is 22.9 Å². The van der Waals surface area contributed by atoms with Gasteiger partial charge in [0.25, 0.3) is 0 Å². The molecule has 2 aromatic rings. The van der Waals surface area contributed by atoms with Gasteiger partial charge in [-0.2, -0.15) is 0 Å². The van der Waals surface area contributed by atoms with E-state index in [2.05, 4.69) is 30.4 Å². The lowest BCUT2D eigenvalue weighted by Gasteiger charge is -2.09. The van der Waals surface area contributed by atoms with E-state index in [-0.39, 0.29) is 0 Å². The van der Waals surface area contributed by atoms with Crippen LogP contribution in [-0.2, 0) is 0 Å². The summed E-state index contributed by atoms with van der Waals surface area (Å²) in [6.45, 7) is 9.82. The van der Waals surface area contributed by atoms with E-state index in [4.69, 9.17) is 9.47 Å². The van der Waals surface area contributed by atoms with Gasteiger partial charge in [0.05, 0.1) is 25.6 Å². The van der Waals surface area contributed by atoms with Gasteiger partial charge in [0.15, 0.2) is 11.6 Å². The van der Waals surface area contributed by atoms with E-state index in [0.29, 0.717) is 5.82 Å². The van der Waals surface area contributed by atoms with Gasteiger partial charge in [-0.3, -0.25) is 0 Å². The minimum Gasteiger partial charge on any atom is -0.494 e. The molecule has 4 heteroatoms. The molecule has 0 aliphatic heterocycles. The van der Waals surface area contributed by atoms with Gasteiger partial charge < -0.3 is 9.47 Å². The number of nitrogens with zero attached hydrogens (tertiary/aromatic N) is 2. The standard InChI is InChI=1S/C27H40N2O2/c1-4-6-7-8-9-12-19-30-25-17-15-24(16-18-25)27-28-21-26(22-29-27)31-20-13-10-11-14-23(3)5-2/h4,15-18,21-23H,1,5-14,19-20H2,2-3H3/t23-/m0/s1. The van der Waals surface area contributed by atoms with Crippen LogP contribution >= 0.6 is 0 Å². The molecule has 0 amide bonds. The van der Waals surface area contributed by atoms with Crippen molar-refractivity contribution in [2.24, 2.45) is 5.92 Å². The van der Waals surface area contributed by atoms with Crippen LogP contribution in [-0.4, -0.2) is 23.2 Å². The Morgan fingerprint density at radius 1 is 0.839 bits per heavy atom. The highest BCUT2D eigenvalue weighted by molar-refractivity contribution is 5.56. The van der Waals surface area contributed by atoms with Crippen LogP contribution in [0.2, 0.25) is 0 Å². The van der Waals surface area contributed by atoms with E-state index in [0.717, 1.165) is 55.5 Å². The molecule has 2 rings (SSSR count). The molecule has 0 unspecified atom stereocenters. The number of allylic oxidation sites excluding steroid dienone is 1. The first-order valence-corrected chi connectivity index (χ1v) is 12.0. The van der Waals surface area contributed by atoms with Crippen LogP contribution in [0.4, 0.5) is 0 Å². The van der Waals surface area contributed by atoms with Gasteiger partial charge in [-0.05, 0) is 55.9 Å². The summed E-state index contributed by atoms with van der Waals surface area (Å²) in [5.41, 5.74) is 0.980. The molecule has 0 saturated carbocycles. The van der Waals surface area contributed by atoms with E-state index in [1.165, 1.54) is 44.9 Å². The summed E-state index contributed by atoms with van der Waals surface area (Å²) in [4.78, 5) is 8.91. The fourth-order valence-electron chi connectivity index (χ4n) is 3.34. The zero-order valence-corrected chi connectivity index (χ0v) is 19.5. The lowest BCUT2D eigenvalue weighted by molar-refractivity contribution is 0.300. The smallest absolute Gasteiger partial charge is 0.159 e. The SMILES string of the molecule is C=CCCCCCCOc1ccc(-c2ncc(OCCCCC[C@@H](C)CC)cn2)cc1. The maximum absolute atomic E-state index is 5.83. The lowest BCUT2D eigenvalue weighted by atomic mass is 10.0. The number of hydrogen-bond donors (Lipinski definition) is 0. The van der Waals surface area contributed by atoms with Crippen LogP contribution in [0.25, 0.3) is 11.4 Å². The number of aromatic nitrogens is 2. The van der Waals surface area contributed by atoms with E-state index >= 15 is 0 Å². The second-order valence-corrected chi connectivity index (χ2v) is 8.32. The summed E-state index contributed by atoms with van der Waals surface area (Å²) in [6.07, 6.45) is 17.5. The fourth-order valence-corrected chi connectivity index (χ4v) is 3.34. The average molecular weight is 425 g/mol. The Hall–Kier alpha value is -2.36. The third kappa shape index (κ3) is 10.5. The highest BCUT2D eigenvalue weighted by atomic mass is 16.5. The maximum Gasteiger partial charge on any atom is 0.159 e. The van der Waals surface area contributed by atoms with Crippen LogP contribution in [0.1, 0.15) is 78.1 Å². The molecule has 1 atom stereocenters. The van der Waals surface area contributed by atoms with Crippen molar-refractivity contribution in [3.05, 3.63) is 49.3 Å². The van der Waals surface area contributed by atoms with Crippen LogP contribution in [0.3, 0.4) is 0 Å². The molecule has 0 aliphatic carbocycles. The van der Waals surface area contributed by atoms with E-state index in [1.54, 1.807) is 12.4 Å². The summed E-state index contributed by atoms with van der Waals surface area (Å²) in [6, 6.07) is 7.99. The van der Waals surface area contributed by atoms with Crippen molar-refractivity contribution in [1.29, 1.82) is 0 Å². The molecule has 0 N–H and O–H groups in total. The Morgan fingerprint density at radius 3 is 2.10 bits per heavy atom. The molecular weight excluding hydrogens is 384 g/mol. The molecule has 0 fully saturated rings. The predicted molar refractivity (Wildman–Crippen MR) is 130 cm³/mol. The second-order valence-electron chi connectivity index (χ2n) is 8.32. The largest absolute Gasteiger partial charge is 0.494 e. The van der Waals surface area contributed by atoms with Crippen LogP contribution in [0.5, 0.6) is 11.5 Å². The van der Waals surface area contributed by atoms with Crippen LogP contribution in [0.15, 0.2) is 49.3 Å². The molecule has 31 heavy (non-hydrogen) atoms. The Balaban J connectivity index is 1.66. The van der Waals surface area contributed by atoms with Crippen molar-refractivity contribution in [3.63, 3.8) is 0 Å². The molecule has 0 saturated heterocycles. The second kappa shape index (κ2) is 15.4. The first-order valence-electron chi connectivity index (χ1n) is 12.0. The van der Waals surface area contributed by atoms with Gasteiger partial charge in [0.2, 0.25) is 0 Å². The minimum absolute atomic E-state index is 0.703. The van der Waals surface area contributed by atoms with Crippen molar-refractivity contribution in [2.45, 2.75) is 78.1 Å². The van der Waals surface area contributed by atoms with Gasteiger partial charge in [-0.1, -0.05) is 58.4 Å². The topological polar surface area (TPSA) is 44.2 Å². The minimum atomic E-state index is 0.703. The Bertz CT molecular complexity index is 713. The third-order valence-corrected chi connectivity index (χ3v) is 5.62. The molecule has 0 radical (unpaired) electrons. The summed E-state index contributed by atoms with van der Waals surface area (Å²) < 4.78 is 11.6. The highest BCUT2D eigenvalue weighted by Crippen LogP contribution is 2.21. The van der Waals surface area contributed by atoms with Crippen molar-refractivity contribution < 1.29 is 9.47 Å². The van der Waals surface area contributed by atoms with Crippen molar-refractivity contribution >= 4 is 0 Å². The van der Waals surface area contributed by atoms with E-state index < -0.39 is 0 Å². The first-order chi connectivity index (χ1) is 15.2. The third-order valence-electron chi connectivity index (χ3n) is 5.62. The van der Waals surface area contributed by atoms with Crippen LogP contribution in [0, 0.1) is 5.92 Å². The highest BCUT2D eigenvalue weighted by Gasteiger charge is 2.04. The predicted octanol–water partition coefficient (Wildman–Crippen LogP) is 7.64. The summed E-state index contributed by atoms with van der Waals surface area (Å²) >= 11 is 0. The number of rotatable bonds is 17. The molecule has 1 heterocycles. The first kappa shape index (κ1) is 24.9. The molecule has 0 spiro atoms. The monoisotopic (exact) mass is 424 g/mol. The van der Waals surface area contributed by atoms with Gasteiger partial charge >= 0.3 is 0 Å². The number of ether oxygens (including phenoxy) is 2. The fraction of sp³-hybridized carbons (Fsp3) is 0.556. The Labute approximate surface area is 189 Å². The quantitative estimate of drug-likeness (QED) is 0.193. The molecule has 170 valence electrons. The summed E-state index contributed by atoms with van der Waals surface area (Å²) in [7, 11) is 0.